The first-order valence-corrected chi connectivity index (χ1v) is 4.55. The van der Waals surface area contributed by atoms with Crippen molar-refractivity contribution < 1.29 is 14.6 Å². The molecule has 0 saturated heterocycles. The third-order valence-corrected chi connectivity index (χ3v) is 1.40. The molecule has 0 aliphatic rings. The van der Waals surface area contributed by atoms with E-state index in [-0.39, 0.29) is 6.61 Å². The Balaban J connectivity index is 2.80. The average Bonchev–Trinajstić information content (AvgIpc) is 2.16. The van der Waals surface area contributed by atoms with Crippen LogP contribution in [0.4, 0.5) is 0 Å². The van der Waals surface area contributed by atoms with Gasteiger partial charge in [0.1, 0.15) is 0 Å². The Bertz CT molecular complexity index is 133. The van der Waals surface area contributed by atoms with Gasteiger partial charge in [-0.3, -0.25) is 0 Å². The lowest BCUT2D eigenvalue weighted by Gasteiger charge is -2.03. The largest absolute Gasteiger partial charge is 0.396 e. The Morgan fingerprint density at radius 3 is 2.15 bits per heavy atom. The van der Waals surface area contributed by atoms with Gasteiger partial charge in [-0.15, -0.1) is 0 Å². The number of hydrogen-bond acceptors (Lipinski definition) is 4. The van der Waals surface area contributed by atoms with E-state index < -0.39 is 0 Å². The molecule has 4 heteroatoms. The van der Waals surface area contributed by atoms with Crippen molar-refractivity contribution in [2.75, 3.05) is 33.0 Å². The normalized spacial score (nSPS) is 9.85. The summed E-state index contributed by atoms with van der Waals surface area (Å²) in [6.07, 6.45) is 2.01. The van der Waals surface area contributed by atoms with Gasteiger partial charge in [0, 0.05) is 26.2 Å². The van der Waals surface area contributed by atoms with Gasteiger partial charge >= 0.3 is 0 Å². The molecule has 0 aromatic rings. The SMILES string of the molecule is N#CCCCOCCOCCCO. The van der Waals surface area contributed by atoms with Crippen LogP contribution >= 0.6 is 0 Å². The van der Waals surface area contributed by atoms with Crippen LogP contribution in [-0.4, -0.2) is 38.1 Å². The number of aliphatic hydroxyl groups excluding tert-OH is 1. The molecule has 0 heterocycles. The molecular weight excluding hydrogens is 170 g/mol. The highest BCUT2D eigenvalue weighted by Crippen LogP contribution is 1.88. The van der Waals surface area contributed by atoms with Gasteiger partial charge in [0.05, 0.1) is 19.3 Å². The number of nitriles is 1. The minimum atomic E-state index is 0.170. The van der Waals surface area contributed by atoms with Crippen LogP contribution < -0.4 is 0 Å². The molecule has 0 aliphatic heterocycles. The molecule has 76 valence electrons. The molecule has 0 aromatic carbocycles. The third kappa shape index (κ3) is 11.4. The predicted octanol–water partition coefficient (Wildman–Crippen LogP) is 0.706. The molecule has 0 bridgehead atoms. The van der Waals surface area contributed by atoms with Crippen molar-refractivity contribution in [3.8, 4) is 6.07 Å². The van der Waals surface area contributed by atoms with E-state index in [1.54, 1.807) is 0 Å². The maximum Gasteiger partial charge on any atom is 0.0700 e. The van der Waals surface area contributed by atoms with E-state index in [0.717, 1.165) is 6.42 Å². The van der Waals surface area contributed by atoms with E-state index in [1.807, 2.05) is 6.07 Å². The van der Waals surface area contributed by atoms with Crippen LogP contribution in [0.15, 0.2) is 0 Å². The first-order valence-electron chi connectivity index (χ1n) is 4.55. The lowest BCUT2D eigenvalue weighted by Crippen LogP contribution is -2.06. The average molecular weight is 187 g/mol. The molecule has 0 amide bonds. The first kappa shape index (κ1) is 12.4. The van der Waals surface area contributed by atoms with Gasteiger partial charge in [0.25, 0.3) is 0 Å². The Labute approximate surface area is 79.1 Å². The lowest BCUT2D eigenvalue weighted by atomic mass is 10.3. The van der Waals surface area contributed by atoms with Crippen LogP contribution in [0.25, 0.3) is 0 Å². The van der Waals surface area contributed by atoms with Gasteiger partial charge in [0.15, 0.2) is 0 Å². The van der Waals surface area contributed by atoms with E-state index >= 15 is 0 Å². The fraction of sp³-hybridized carbons (Fsp3) is 0.889. The monoisotopic (exact) mass is 187 g/mol. The molecule has 0 atom stereocenters. The highest BCUT2D eigenvalue weighted by atomic mass is 16.5. The smallest absolute Gasteiger partial charge is 0.0700 e. The number of unbranched alkanes of at least 4 members (excludes halogenated alkanes) is 1. The van der Waals surface area contributed by atoms with Crippen molar-refractivity contribution in [1.29, 1.82) is 5.26 Å². The summed E-state index contributed by atoms with van der Waals surface area (Å²) < 4.78 is 10.3. The van der Waals surface area contributed by atoms with E-state index in [9.17, 15) is 0 Å². The van der Waals surface area contributed by atoms with Crippen LogP contribution in [0.5, 0.6) is 0 Å². The maximum absolute atomic E-state index is 8.42. The maximum atomic E-state index is 8.42. The van der Waals surface area contributed by atoms with Gasteiger partial charge < -0.3 is 14.6 Å². The van der Waals surface area contributed by atoms with Crippen LogP contribution in [0.2, 0.25) is 0 Å². The zero-order valence-electron chi connectivity index (χ0n) is 7.87. The topological polar surface area (TPSA) is 62.5 Å². The molecule has 0 aliphatic carbocycles. The third-order valence-electron chi connectivity index (χ3n) is 1.40. The Kier molecular flexibility index (Phi) is 10.8. The fourth-order valence-corrected chi connectivity index (χ4v) is 0.742. The molecule has 0 saturated carbocycles. The molecule has 1 N–H and O–H groups in total. The van der Waals surface area contributed by atoms with E-state index in [4.69, 9.17) is 19.8 Å². The summed E-state index contributed by atoms with van der Waals surface area (Å²) in [5.74, 6) is 0. The van der Waals surface area contributed by atoms with Crippen LogP contribution in [0.3, 0.4) is 0 Å². The molecule has 0 rings (SSSR count). The van der Waals surface area contributed by atoms with Crippen LogP contribution in [0, 0.1) is 11.3 Å². The van der Waals surface area contributed by atoms with Gasteiger partial charge in [-0.25, -0.2) is 0 Å². The van der Waals surface area contributed by atoms with Gasteiger partial charge in [0.2, 0.25) is 0 Å². The Morgan fingerprint density at radius 2 is 1.62 bits per heavy atom. The molecule has 0 spiro atoms. The summed E-state index contributed by atoms with van der Waals surface area (Å²) in [6.45, 7) is 2.50. The highest BCUT2D eigenvalue weighted by molar-refractivity contribution is 4.67. The Morgan fingerprint density at radius 1 is 1.00 bits per heavy atom. The summed E-state index contributed by atoms with van der Waals surface area (Å²) in [5.41, 5.74) is 0. The zero-order chi connectivity index (χ0) is 9.78. The highest BCUT2D eigenvalue weighted by Gasteiger charge is 1.90. The minimum Gasteiger partial charge on any atom is -0.396 e. The number of rotatable bonds is 9. The standard InChI is InChI=1S/C9H17NO3/c10-4-1-2-6-12-8-9-13-7-3-5-11/h11H,1-3,5-9H2. The van der Waals surface area contributed by atoms with Gasteiger partial charge in [-0.1, -0.05) is 0 Å². The quantitative estimate of drug-likeness (QED) is 0.540. The second-order valence-electron chi connectivity index (χ2n) is 2.56. The summed E-state index contributed by atoms with van der Waals surface area (Å²) in [7, 11) is 0. The minimum absolute atomic E-state index is 0.170. The van der Waals surface area contributed by atoms with E-state index in [1.165, 1.54) is 0 Å². The first-order chi connectivity index (χ1) is 6.41. The molecule has 0 aromatic heterocycles. The second kappa shape index (κ2) is 11.4. The number of ether oxygens (including phenoxy) is 2. The van der Waals surface area contributed by atoms with Crippen LogP contribution in [0.1, 0.15) is 19.3 Å². The molecule has 0 radical (unpaired) electrons. The van der Waals surface area contributed by atoms with Crippen molar-refractivity contribution in [2.45, 2.75) is 19.3 Å². The van der Waals surface area contributed by atoms with Crippen molar-refractivity contribution in [2.24, 2.45) is 0 Å². The van der Waals surface area contributed by atoms with Crippen molar-refractivity contribution in [3.63, 3.8) is 0 Å². The van der Waals surface area contributed by atoms with E-state index in [2.05, 4.69) is 0 Å². The van der Waals surface area contributed by atoms with Crippen molar-refractivity contribution in [1.82, 2.24) is 0 Å². The fourth-order valence-electron chi connectivity index (χ4n) is 0.742. The molecule has 0 fully saturated rings. The zero-order valence-corrected chi connectivity index (χ0v) is 7.87. The number of nitrogens with zero attached hydrogens (tertiary/aromatic N) is 1. The lowest BCUT2D eigenvalue weighted by molar-refractivity contribution is 0.0421. The van der Waals surface area contributed by atoms with Gasteiger partial charge in [-0.2, -0.15) is 5.26 Å². The van der Waals surface area contributed by atoms with Crippen molar-refractivity contribution >= 4 is 0 Å². The molecular formula is C9H17NO3. The summed E-state index contributed by atoms with van der Waals surface area (Å²) in [5, 5.41) is 16.6. The number of aliphatic hydroxyl groups is 1. The molecule has 13 heavy (non-hydrogen) atoms. The predicted molar refractivity (Wildman–Crippen MR) is 48.2 cm³/mol. The summed E-state index contributed by atoms with van der Waals surface area (Å²) in [4.78, 5) is 0. The molecule has 0 unspecified atom stereocenters. The van der Waals surface area contributed by atoms with Crippen molar-refractivity contribution in [3.05, 3.63) is 0 Å². The summed E-state index contributed by atoms with van der Waals surface area (Å²) in [6, 6.07) is 2.05. The summed E-state index contributed by atoms with van der Waals surface area (Å²) >= 11 is 0. The number of hydrogen-bond donors (Lipinski definition) is 1. The van der Waals surface area contributed by atoms with Gasteiger partial charge in [-0.05, 0) is 12.8 Å². The second-order valence-corrected chi connectivity index (χ2v) is 2.56. The molecule has 4 nitrogen and oxygen atoms in total. The van der Waals surface area contributed by atoms with E-state index in [0.29, 0.717) is 39.3 Å². The Hall–Kier alpha value is -0.630. The van der Waals surface area contributed by atoms with Crippen LogP contribution in [-0.2, 0) is 9.47 Å².